The van der Waals surface area contributed by atoms with Crippen LogP contribution in [0.1, 0.15) is 31.0 Å². The Bertz CT molecular complexity index is 1260. The number of sulfonamides is 1. The largest absolute Gasteiger partial charge is 0.497 e. The summed E-state index contributed by atoms with van der Waals surface area (Å²) < 4.78 is 33.8. The van der Waals surface area contributed by atoms with Crippen molar-refractivity contribution < 1.29 is 17.9 Å². The van der Waals surface area contributed by atoms with Gasteiger partial charge in [-0.25, -0.2) is 13.2 Å². The van der Waals surface area contributed by atoms with E-state index in [-0.39, 0.29) is 23.5 Å². The minimum absolute atomic E-state index is 0.128. The average molecular weight is 511 g/mol. The molecule has 0 saturated carbocycles. The molecule has 2 amide bonds. The first kappa shape index (κ1) is 26.9. The van der Waals surface area contributed by atoms with Gasteiger partial charge in [0.15, 0.2) is 0 Å². The highest BCUT2D eigenvalue weighted by Crippen LogP contribution is 2.30. The van der Waals surface area contributed by atoms with Crippen molar-refractivity contribution in [2.45, 2.75) is 31.3 Å². The summed E-state index contributed by atoms with van der Waals surface area (Å²) in [4.78, 5) is 16.9. The zero-order valence-corrected chi connectivity index (χ0v) is 22.2. The molecule has 3 aromatic carbocycles. The second kappa shape index (κ2) is 11.8. The Hall–Kier alpha value is -3.72. The summed E-state index contributed by atoms with van der Waals surface area (Å²) in [5.41, 5.74) is 3.11. The number of urea groups is 1. The van der Waals surface area contributed by atoms with Gasteiger partial charge >= 0.3 is 6.03 Å². The summed E-state index contributed by atoms with van der Waals surface area (Å²) in [6, 6.07) is 21.0. The van der Waals surface area contributed by atoms with Gasteiger partial charge in [-0.15, -0.1) is 0 Å². The lowest BCUT2D eigenvalue weighted by Crippen LogP contribution is -2.41. The van der Waals surface area contributed by atoms with Crippen LogP contribution in [0.2, 0.25) is 0 Å². The third-order valence-electron chi connectivity index (χ3n) is 5.86. The molecule has 1 atom stereocenters. The Kier molecular flexibility index (Phi) is 8.82. The first-order valence-corrected chi connectivity index (χ1v) is 13.2. The van der Waals surface area contributed by atoms with Gasteiger partial charge < -0.3 is 19.9 Å². The monoisotopic (exact) mass is 510 g/mol. The number of carbonyl (C=O) groups excluding carboxylic acids is 1. The molecule has 2 N–H and O–H groups in total. The highest BCUT2D eigenvalue weighted by atomic mass is 32.2. The third-order valence-corrected chi connectivity index (χ3v) is 7.26. The summed E-state index contributed by atoms with van der Waals surface area (Å²) in [7, 11) is 1.54. The van der Waals surface area contributed by atoms with Crippen molar-refractivity contribution in [1.82, 2.24) is 10.2 Å². The van der Waals surface area contributed by atoms with Crippen molar-refractivity contribution in [3.63, 3.8) is 0 Å². The maximum Gasteiger partial charge on any atom is 0.318 e. The second-order valence-corrected chi connectivity index (χ2v) is 10.3. The van der Waals surface area contributed by atoms with Crippen LogP contribution in [-0.4, -0.2) is 47.1 Å². The predicted octanol–water partition coefficient (Wildman–Crippen LogP) is 4.85. The van der Waals surface area contributed by atoms with Gasteiger partial charge in [0.2, 0.25) is 0 Å². The summed E-state index contributed by atoms with van der Waals surface area (Å²) in [6.07, 6.45) is 0. The molecule has 8 nitrogen and oxygen atoms in total. The van der Waals surface area contributed by atoms with Gasteiger partial charge in [0.25, 0.3) is 10.0 Å². The van der Waals surface area contributed by atoms with Crippen molar-refractivity contribution in [1.29, 1.82) is 0 Å². The number of ether oxygens (including phenoxy) is 1. The smallest absolute Gasteiger partial charge is 0.318 e. The molecule has 0 heterocycles. The summed E-state index contributed by atoms with van der Waals surface area (Å²) in [5, 5.41) is 2.90. The average Bonchev–Trinajstić information content (AvgIpc) is 2.87. The quantitative estimate of drug-likeness (QED) is 0.407. The molecule has 192 valence electrons. The van der Waals surface area contributed by atoms with Crippen LogP contribution < -0.4 is 19.7 Å². The van der Waals surface area contributed by atoms with Crippen LogP contribution in [0.4, 0.5) is 16.2 Å². The van der Waals surface area contributed by atoms with Crippen molar-refractivity contribution in [3.8, 4) is 5.75 Å². The normalized spacial score (nSPS) is 11.9. The van der Waals surface area contributed by atoms with Crippen LogP contribution in [0.5, 0.6) is 5.75 Å². The fourth-order valence-corrected chi connectivity index (χ4v) is 4.96. The van der Waals surface area contributed by atoms with Gasteiger partial charge in [-0.1, -0.05) is 30.3 Å². The van der Waals surface area contributed by atoms with Crippen molar-refractivity contribution in [3.05, 3.63) is 83.9 Å². The Morgan fingerprint density at radius 3 is 2.25 bits per heavy atom. The molecule has 0 fully saturated rings. The van der Waals surface area contributed by atoms with E-state index in [4.69, 9.17) is 4.74 Å². The molecule has 9 heteroatoms. The van der Waals surface area contributed by atoms with E-state index in [1.165, 1.54) is 19.2 Å². The predicted molar refractivity (Wildman–Crippen MR) is 144 cm³/mol. The molecule has 0 radical (unpaired) electrons. The van der Waals surface area contributed by atoms with Crippen LogP contribution in [0, 0.1) is 0 Å². The minimum Gasteiger partial charge on any atom is -0.497 e. The van der Waals surface area contributed by atoms with Crippen molar-refractivity contribution in [2.75, 3.05) is 37.4 Å². The first-order valence-electron chi connectivity index (χ1n) is 11.7. The molecular weight excluding hydrogens is 476 g/mol. The molecule has 0 bridgehead atoms. The van der Waals surface area contributed by atoms with E-state index in [9.17, 15) is 13.2 Å². The lowest BCUT2D eigenvalue weighted by atomic mass is 10.1. The number of nitrogens with one attached hydrogen (secondary N) is 2. The molecule has 0 saturated heterocycles. The lowest BCUT2D eigenvalue weighted by molar-refractivity contribution is 0.176. The fraction of sp³-hybridized carbons (Fsp3) is 0.296. The Labute approximate surface area is 213 Å². The van der Waals surface area contributed by atoms with Crippen molar-refractivity contribution >= 4 is 27.4 Å². The van der Waals surface area contributed by atoms with Crippen LogP contribution in [0.25, 0.3) is 0 Å². The van der Waals surface area contributed by atoms with Crippen LogP contribution in [0.15, 0.2) is 77.7 Å². The zero-order chi connectivity index (χ0) is 26.3. The molecule has 0 aliphatic rings. The van der Waals surface area contributed by atoms with Gasteiger partial charge in [0.1, 0.15) is 5.75 Å². The third kappa shape index (κ3) is 6.48. The SMILES string of the molecule is CCNC(=O)N(Cc1cc(NS(=O)(=O)c2ccc(OC)cc2)ccc1N(C)C)C(C)c1ccccc1. The number of amides is 2. The summed E-state index contributed by atoms with van der Waals surface area (Å²) >= 11 is 0. The van der Waals surface area contributed by atoms with E-state index in [0.717, 1.165) is 16.8 Å². The molecule has 0 aliphatic carbocycles. The molecule has 0 aliphatic heterocycles. The molecule has 0 spiro atoms. The first-order chi connectivity index (χ1) is 17.2. The molecule has 1 unspecified atom stereocenters. The topological polar surface area (TPSA) is 91.0 Å². The fourth-order valence-electron chi connectivity index (χ4n) is 3.91. The Balaban J connectivity index is 1.95. The van der Waals surface area contributed by atoms with E-state index >= 15 is 0 Å². The Morgan fingerprint density at radius 1 is 1.00 bits per heavy atom. The van der Waals surface area contributed by atoms with Crippen molar-refractivity contribution in [2.24, 2.45) is 0 Å². The molecule has 3 aromatic rings. The number of methoxy groups -OCH3 is 1. The number of hydrogen-bond acceptors (Lipinski definition) is 5. The summed E-state index contributed by atoms with van der Waals surface area (Å²) in [6.45, 7) is 4.64. The Morgan fingerprint density at radius 2 is 1.67 bits per heavy atom. The van der Waals surface area contributed by atoms with E-state index in [0.29, 0.717) is 18.0 Å². The van der Waals surface area contributed by atoms with Gasteiger partial charge in [-0.2, -0.15) is 0 Å². The van der Waals surface area contributed by atoms with E-state index in [2.05, 4.69) is 10.0 Å². The molecule has 0 aromatic heterocycles. The second-order valence-electron chi connectivity index (χ2n) is 8.57. The number of nitrogens with zero attached hydrogens (tertiary/aromatic N) is 2. The van der Waals surface area contributed by atoms with Crippen LogP contribution >= 0.6 is 0 Å². The number of benzene rings is 3. The highest BCUT2D eigenvalue weighted by Gasteiger charge is 2.23. The van der Waals surface area contributed by atoms with E-state index in [1.54, 1.807) is 29.2 Å². The zero-order valence-electron chi connectivity index (χ0n) is 21.4. The molecule has 36 heavy (non-hydrogen) atoms. The maximum atomic E-state index is 13.1. The number of carbonyl (C=O) groups is 1. The van der Waals surface area contributed by atoms with Gasteiger partial charge in [-0.3, -0.25) is 4.72 Å². The van der Waals surface area contributed by atoms with Crippen LogP contribution in [-0.2, 0) is 16.6 Å². The summed E-state index contributed by atoms with van der Waals surface area (Å²) in [5.74, 6) is 0.574. The number of rotatable bonds is 10. The molecular formula is C27H34N4O4S. The highest BCUT2D eigenvalue weighted by molar-refractivity contribution is 7.92. The van der Waals surface area contributed by atoms with Crippen LogP contribution in [0.3, 0.4) is 0 Å². The lowest BCUT2D eigenvalue weighted by Gasteiger charge is -2.31. The minimum atomic E-state index is -3.81. The number of hydrogen-bond donors (Lipinski definition) is 2. The standard InChI is InChI=1S/C27H34N4O4S/c1-6-28-27(32)31(20(2)21-10-8-7-9-11-21)19-22-18-23(12-17-26(22)30(3)4)29-36(33,34)25-15-13-24(35-5)14-16-25/h7-18,20,29H,6,19H2,1-5H3,(H,28,32). The maximum absolute atomic E-state index is 13.1. The van der Waals surface area contributed by atoms with Gasteiger partial charge in [-0.05, 0) is 67.4 Å². The van der Waals surface area contributed by atoms with Gasteiger partial charge in [0, 0.05) is 32.0 Å². The van der Waals surface area contributed by atoms with E-state index in [1.807, 2.05) is 69.2 Å². The number of anilines is 2. The van der Waals surface area contributed by atoms with E-state index < -0.39 is 10.0 Å². The molecule has 3 rings (SSSR count). The van der Waals surface area contributed by atoms with Gasteiger partial charge in [0.05, 0.1) is 24.6 Å².